The number of benzene rings is 1. The summed E-state index contributed by atoms with van der Waals surface area (Å²) in [6, 6.07) is 6.32. The normalized spacial score (nSPS) is 10.5. The van der Waals surface area contributed by atoms with Crippen LogP contribution in [0.5, 0.6) is 0 Å². The van der Waals surface area contributed by atoms with E-state index in [4.69, 9.17) is 0 Å². The van der Waals surface area contributed by atoms with Gasteiger partial charge in [-0.2, -0.15) is 15.0 Å². The second-order valence-corrected chi connectivity index (χ2v) is 5.02. The van der Waals surface area contributed by atoms with Crippen LogP contribution in [0.25, 0.3) is 11.4 Å². The van der Waals surface area contributed by atoms with Gasteiger partial charge in [0.2, 0.25) is 11.9 Å². The molecule has 0 atom stereocenters. The van der Waals surface area contributed by atoms with Crippen molar-refractivity contribution in [3.8, 4) is 11.4 Å². The topological polar surface area (TPSA) is 53.9 Å². The largest absolute Gasteiger partial charge is 0.357 e. The fourth-order valence-electron chi connectivity index (χ4n) is 2.22. The molecule has 21 heavy (non-hydrogen) atoms. The smallest absolute Gasteiger partial charge is 0.230 e. The highest BCUT2D eigenvalue weighted by Gasteiger charge is 2.13. The van der Waals surface area contributed by atoms with E-state index in [1.807, 2.05) is 7.05 Å². The zero-order valence-corrected chi connectivity index (χ0v) is 13.4. The van der Waals surface area contributed by atoms with Crippen LogP contribution >= 0.6 is 0 Å². The molecule has 0 aliphatic rings. The third-order valence-corrected chi connectivity index (χ3v) is 3.53. The van der Waals surface area contributed by atoms with E-state index in [9.17, 15) is 0 Å². The van der Waals surface area contributed by atoms with Crippen LogP contribution in [0.2, 0.25) is 0 Å². The molecule has 112 valence electrons. The number of aryl methyl sites for hydroxylation is 2. The van der Waals surface area contributed by atoms with Gasteiger partial charge in [-0.05, 0) is 39.3 Å². The Morgan fingerprint density at radius 1 is 1.05 bits per heavy atom. The molecule has 0 radical (unpaired) electrons. The van der Waals surface area contributed by atoms with Gasteiger partial charge in [-0.25, -0.2) is 0 Å². The fourth-order valence-corrected chi connectivity index (χ4v) is 2.22. The maximum Gasteiger partial charge on any atom is 0.230 e. The van der Waals surface area contributed by atoms with Crippen LogP contribution in [0.15, 0.2) is 18.2 Å². The summed E-state index contributed by atoms with van der Waals surface area (Å²) in [5.41, 5.74) is 3.42. The third kappa shape index (κ3) is 3.29. The number of anilines is 2. The van der Waals surface area contributed by atoms with Gasteiger partial charge in [-0.3, -0.25) is 0 Å². The Hall–Kier alpha value is -2.17. The van der Waals surface area contributed by atoms with Gasteiger partial charge in [0.25, 0.3) is 0 Å². The van der Waals surface area contributed by atoms with Crippen LogP contribution in [0, 0.1) is 13.8 Å². The van der Waals surface area contributed by atoms with Crippen molar-refractivity contribution in [2.45, 2.75) is 27.7 Å². The molecule has 0 unspecified atom stereocenters. The first-order valence-electron chi connectivity index (χ1n) is 7.35. The van der Waals surface area contributed by atoms with Crippen LogP contribution in [-0.2, 0) is 0 Å². The molecule has 0 aliphatic heterocycles. The van der Waals surface area contributed by atoms with Gasteiger partial charge in [0, 0.05) is 25.7 Å². The number of nitrogens with zero attached hydrogens (tertiary/aromatic N) is 4. The molecular formula is C16H23N5. The van der Waals surface area contributed by atoms with Crippen LogP contribution < -0.4 is 10.2 Å². The quantitative estimate of drug-likeness (QED) is 0.915. The van der Waals surface area contributed by atoms with E-state index in [0.29, 0.717) is 5.95 Å². The lowest BCUT2D eigenvalue weighted by Gasteiger charge is -2.19. The minimum atomic E-state index is 0.600. The highest BCUT2D eigenvalue weighted by molar-refractivity contribution is 5.63. The van der Waals surface area contributed by atoms with E-state index in [1.165, 1.54) is 11.1 Å². The molecule has 1 aromatic heterocycles. The van der Waals surface area contributed by atoms with Crippen molar-refractivity contribution >= 4 is 11.9 Å². The van der Waals surface area contributed by atoms with Crippen LogP contribution in [-0.4, -0.2) is 35.1 Å². The molecular weight excluding hydrogens is 262 g/mol. The molecule has 0 aliphatic carbocycles. The summed E-state index contributed by atoms with van der Waals surface area (Å²) in [5, 5.41) is 3.03. The molecule has 5 nitrogen and oxygen atoms in total. The zero-order chi connectivity index (χ0) is 15.4. The second-order valence-electron chi connectivity index (χ2n) is 5.02. The molecule has 0 amide bonds. The summed E-state index contributed by atoms with van der Waals surface area (Å²) in [5.74, 6) is 2.04. The van der Waals surface area contributed by atoms with E-state index in [1.54, 1.807) is 0 Å². The summed E-state index contributed by atoms with van der Waals surface area (Å²) < 4.78 is 0. The molecule has 0 spiro atoms. The van der Waals surface area contributed by atoms with E-state index in [-0.39, 0.29) is 0 Å². The maximum absolute atomic E-state index is 4.66. The second kappa shape index (κ2) is 6.52. The Labute approximate surface area is 126 Å². The first-order chi connectivity index (χ1) is 10.1. The Morgan fingerprint density at radius 3 is 2.38 bits per heavy atom. The highest BCUT2D eigenvalue weighted by atomic mass is 15.3. The lowest BCUT2D eigenvalue weighted by molar-refractivity contribution is 0.815. The SMILES string of the molecule is CCN(CC)c1nc(NC)nc(-c2cc(C)ccc2C)n1. The Morgan fingerprint density at radius 2 is 1.76 bits per heavy atom. The molecule has 2 aromatic rings. The number of aromatic nitrogens is 3. The van der Waals surface area contributed by atoms with Crippen LogP contribution in [0.1, 0.15) is 25.0 Å². The van der Waals surface area contributed by atoms with E-state index >= 15 is 0 Å². The minimum Gasteiger partial charge on any atom is -0.357 e. The molecule has 1 aromatic carbocycles. The van der Waals surface area contributed by atoms with Crippen molar-refractivity contribution in [2.24, 2.45) is 0 Å². The van der Waals surface area contributed by atoms with Gasteiger partial charge in [0.05, 0.1) is 0 Å². The predicted molar refractivity (Wildman–Crippen MR) is 87.8 cm³/mol. The van der Waals surface area contributed by atoms with Crippen molar-refractivity contribution in [3.63, 3.8) is 0 Å². The molecule has 1 heterocycles. The maximum atomic E-state index is 4.66. The summed E-state index contributed by atoms with van der Waals surface area (Å²) in [4.78, 5) is 15.8. The summed E-state index contributed by atoms with van der Waals surface area (Å²) in [6.45, 7) is 10.1. The van der Waals surface area contributed by atoms with E-state index < -0.39 is 0 Å². The van der Waals surface area contributed by atoms with Gasteiger partial charge in [-0.1, -0.05) is 17.7 Å². The van der Waals surface area contributed by atoms with E-state index in [0.717, 1.165) is 30.4 Å². The number of hydrogen-bond acceptors (Lipinski definition) is 5. The van der Waals surface area contributed by atoms with Gasteiger partial charge >= 0.3 is 0 Å². The predicted octanol–water partition coefficient (Wildman–Crippen LogP) is 3.04. The first kappa shape index (κ1) is 15.2. The van der Waals surface area contributed by atoms with E-state index in [2.05, 4.69) is 71.1 Å². The van der Waals surface area contributed by atoms with Crippen LogP contribution in [0.4, 0.5) is 11.9 Å². The van der Waals surface area contributed by atoms with Gasteiger partial charge in [-0.15, -0.1) is 0 Å². The van der Waals surface area contributed by atoms with Crippen molar-refractivity contribution in [3.05, 3.63) is 29.3 Å². The molecule has 2 rings (SSSR count). The van der Waals surface area contributed by atoms with Crippen LogP contribution in [0.3, 0.4) is 0 Å². The van der Waals surface area contributed by atoms with Gasteiger partial charge in [0.1, 0.15) is 0 Å². The lowest BCUT2D eigenvalue weighted by atomic mass is 10.1. The Bertz CT molecular complexity index is 620. The standard InChI is InChI=1S/C16H23N5/c1-6-21(7-2)16-19-14(18-15(17-5)20-16)13-10-11(3)8-9-12(13)4/h8-10H,6-7H2,1-5H3,(H,17,18,19,20). The monoisotopic (exact) mass is 285 g/mol. The van der Waals surface area contributed by atoms with Crippen molar-refractivity contribution in [2.75, 3.05) is 30.4 Å². The van der Waals surface area contributed by atoms with Crippen molar-refractivity contribution in [1.29, 1.82) is 0 Å². The fraction of sp³-hybridized carbons (Fsp3) is 0.438. The van der Waals surface area contributed by atoms with Gasteiger partial charge < -0.3 is 10.2 Å². The minimum absolute atomic E-state index is 0.600. The average Bonchev–Trinajstić information content (AvgIpc) is 2.50. The highest BCUT2D eigenvalue weighted by Crippen LogP contribution is 2.24. The number of hydrogen-bond donors (Lipinski definition) is 1. The molecule has 1 N–H and O–H groups in total. The number of rotatable bonds is 5. The summed E-state index contributed by atoms with van der Waals surface area (Å²) in [6.07, 6.45) is 0. The van der Waals surface area contributed by atoms with Crippen molar-refractivity contribution < 1.29 is 0 Å². The van der Waals surface area contributed by atoms with Crippen molar-refractivity contribution in [1.82, 2.24) is 15.0 Å². The molecule has 0 bridgehead atoms. The Balaban J connectivity index is 2.57. The third-order valence-electron chi connectivity index (χ3n) is 3.53. The Kier molecular flexibility index (Phi) is 4.73. The summed E-state index contributed by atoms with van der Waals surface area (Å²) >= 11 is 0. The molecule has 0 saturated carbocycles. The molecule has 0 fully saturated rings. The summed E-state index contributed by atoms with van der Waals surface area (Å²) in [7, 11) is 1.83. The number of nitrogens with one attached hydrogen (secondary N) is 1. The first-order valence-corrected chi connectivity index (χ1v) is 7.35. The van der Waals surface area contributed by atoms with Gasteiger partial charge in [0.15, 0.2) is 5.82 Å². The molecule has 5 heteroatoms. The average molecular weight is 285 g/mol. The lowest BCUT2D eigenvalue weighted by Crippen LogP contribution is -2.25. The molecule has 0 saturated heterocycles. The zero-order valence-electron chi connectivity index (χ0n) is 13.4.